The molecule has 5 nitrogen and oxygen atoms in total. The molecule has 0 bridgehead atoms. The maximum atomic E-state index is 12.6. The number of amides is 1. The van der Waals surface area contributed by atoms with Crippen molar-refractivity contribution in [1.82, 2.24) is 4.90 Å². The largest absolute Gasteiger partial charge is 0.444 e. The second-order valence-corrected chi connectivity index (χ2v) is 10.8. The van der Waals surface area contributed by atoms with Crippen LogP contribution in [0.4, 0.5) is 4.79 Å². The van der Waals surface area contributed by atoms with Gasteiger partial charge >= 0.3 is 6.09 Å². The quantitative estimate of drug-likeness (QED) is 0.589. The van der Waals surface area contributed by atoms with Gasteiger partial charge in [0.1, 0.15) is 5.60 Å². The molecule has 22 heavy (non-hydrogen) atoms. The van der Waals surface area contributed by atoms with E-state index in [2.05, 4.69) is 20.8 Å². The first-order chi connectivity index (χ1) is 9.81. The number of likely N-dealkylation sites (tertiary alicyclic amines) is 1. The maximum absolute atomic E-state index is 12.6. The predicted octanol–water partition coefficient (Wildman–Crippen LogP) is 3.18. The van der Waals surface area contributed by atoms with E-state index in [0.717, 1.165) is 6.29 Å². The molecule has 0 aliphatic carbocycles. The van der Waals surface area contributed by atoms with Crippen molar-refractivity contribution in [3.8, 4) is 0 Å². The molecule has 128 valence electrons. The van der Waals surface area contributed by atoms with E-state index in [1.165, 1.54) is 4.90 Å². The van der Waals surface area contributed by atoms with E-state index >= 15 is 0 Å². The molecule has 6 heteroatoms. The minimum absolute atomic E-state index is 0.00703. The standard InChI is InChI=1S/C16H31NO4Si/c1-14(2,3)12-9-16(11-18,21-22(7)8)17(10-12)13(19)20-15(4,5)6/h11-12,22H,9-10H2,1-8H3. The van der Waals surface area contributed by atoms with Gasteiger partial charge in [-0.3, -0.25) is 9.69 Å². The first kappa shape index (κ1) is 19.2. The Balaban J connectivity index is 3.12. The van der Waals surface area contributed by atoms with E-state index in [0.29, 0.717) is 13.0 Å². The molecule has 1 aliphatic rings. The Morgan fingerprint density at radius 1 is 1.23 bits per heavy atom. The van der Waals surface area contributed by atoms with Crippen molar-refractivity contribution >= 4 is 21.4 Å². The van der Waals surface area contributed by atoms with E-state index < -0.39 is 26.5 Å². The molecule has 0 N–H and O–H groups in total. The number of hydrogen-bond acceptors (Lipinski definition) is 4. The molecule has 1 rings (SSSR count). The highest BCUT2D eigenvalue weighted by Gasteiger charge is 2.53. The molecule has 0 aromatic carbocycles. The van der Waals surface area contributed by atoms with Gasteiger partial charge in [-0.15, -0.1) is 0 Å². The average Bonchev–Trinajstić information content (AvgIpc) is 2.65. The monoisotopic (exact) mass is 329 g/mol. The number of nitrogens with zero attached hydrogens (tertiary/aromatic N) is 1. The highest BCUT2D eigenvalue weighted by Crippen LogP contribution is 2.42. The lowest BCUT2D eigenvalue weighted by Gasteiger charge is -2.36. The molecule has 1 aliphatic heterocycles. The van der Waals surface area contributed by atoms with Gasteiger partial charge in [0.2, 0.25) is 0 Å². The molecular weight excluding hydrogens is 298 g/mol. The van der Waals surface area contributed by atoms with E-state index in [1.807, 2.05) is 33.9 Å². The van der Waals surface area contributed by atoms with E-state index in [-0.39, 0.29) is 11.3 Å². The van der Waals surface area contributed by atoms with Crippen molar-refractivity contribution < 1.29 is 18.8 Å². The highest BCUT2D eigenvalue weighted by atomic mass is 28.3. The zero-order valence-corrected chi connectivity index (χ0v) is 16.4. The Morgan fingerprint density at radius 2 is 1.77 bits per heavy atom. The van der Waals surface area contributed by atoms with Crippen molar-refractivity contribution in [3.05, 3.63) is 0 Å². The summed E-state index contributed by atoms with van der Waals surface area (Å²) in [6.07, 6.45) is 0.848. The van der Waals surface area contributed by atoms with Crippen LogP contribution in [0.25, 0.3) is 0 Å². The van der Waals surface area contributed by atoms with Crippen LogP contribution in [0, 0.1) is 11.3 Å². The Labute approximate surface area is 136 Å². The smallest absolute Gasteiger partial charge is 0.412 e. The molecule has 1 saturated heterocycles. The molecule has 0 saturated carbocycles. The Kier molecular flexibility index (Phi) is 5.50. The molecule has 2 unspecified atom stereocenters. The maximum Gasteiger partial charge on any atom is 0.412 e. The fraction of sp³-hybridized carbons (Fsp3) is 0.875. The van der Waals surface area contributed by atoms with Crippen LogP contribution >= 0.6 is 0 Å². The predicted molar refractivity (Wildman–Crippen MR) is 89.3 cm³/mol. The lowest BCUT2D eigenvalue weighted by Crippen LogP contribution is -2.53. The summed E-state index contributed by atoms with van der Waals surface area (Å²) in [5.74, 6) is 0.193. The third-order valence-electron chi connectivity index (χ3n) is 3.86. The molecule has 2 atom stereocenters. The zero-order valence-electron chi connectivity index (χ0n) is 15.2. The van der Waals surface area contributed by atoms with Crippen LogP contribution in [0.15, 0.2) is 0 Å². The summed E-state index contributed by atoms with van der Waals surface area (Å²) >= 11 is 0. The van der Waals surface area contributed by atoms with Gasteiger partial charge in [-0.05, 0) is 45.2 Å². The summed E-state index contributed by atoms with van der Waals surface area (Å²) in [4.78, 5) is 25.9. The van der Waals surface area contributed by atoms with Gasteiger partial charge in [-0.25, -0.2) is 4.79 Å². The van der Waals surface area contributed by atoms with E-state index in [9.17, 15) is 9.59 Å². The molecule has 0 spiro atoms. The summed E-state index contributed by atoms with van der Waals surface area (Å²) in [6.45, 7) is 16.3. The van der Waals surface area contributed by atoms with Crippen molar-refractivity contribution in [2.45, 2.75) is 72.4 Å². The second-order valence-electron chi connectivity index (χ2n) is 8.49. The Bertz CT molecular complexity index is 425. The van der Waals surface area contributed by atoms with Crippen molar-refractivity contribution in [3.63, 3.8) is 0 Å². The third-order valence-corrected chi connectivity index (χ3v) is 4.74. The van der Waals surface area contributed by atoms with Gasteiger partial charge in [0.25, 0.3) is 0 Å². The molecule has 0 radical (unpaired) electrons. The first-order valence-electron chi connectivity index (χ1n) is 7.95. The van der Waals surface area contributed by atoms with Crippen LogP contribution in [0.5, 0.6) is 0 Å². The van der Waals surface area contributed by atoms with Crippen molar-refractivity contribution in [2.24, 2.45) is 11.3 Å². The van der Waals surface area contributed by atoms with Crippen LogP contribution in [-0.4, -0.2) is 44.2 Å². The second kappa shape index (κ2) is 6.32. The normalized spacial score (nSPS) is 26.4. The Morgan fingerprint density at radius 3 is 2.14 bits per heavy atom. The van der Waals surface area contributed by atoms with Crippen molar-refractivity contribution in [2.75, 3.05) is 6.54 Å². The minimum atomic E-state index is -1.50. The topological polar surface area (TPSA) is 55.8 Å². The van der Waals surface area contributed by atoms with Gasteiger partial charge in [0.05, 0.1) is 0 Å². The van der Waals surface area contributed by atoms with Crippen molar-refractivity contribution in [1.29, 1.82) is 0 Å². The number of hydrogen-bond donors (Lipinski definition) is 0. The van der Waals surface area contributed by atoms with Gasteiger partial charge in [-0.2, -0.15) is 0 Å². The Hall–Kier alpha value is -0.883. The third kappa shape index (κ3) is 4.55. The summed E-state index contributed by atoms with van der Waals surface area (Å²) in [7, 11) is -1.50. The van der Waals surface area contributed by atoms with Gasteiger partial charge in [0.15, 0.2) is 21.1 Å². The van der Waals surface area contributed by atoms with Gasteiger partial charge in [-0.1, -0.05) is 20.8 Å². The van der Waals surface area contributed by atoms with E-state index in [1.54, 1.807) is 0 Å². The highest BCUT2D eigenvalue weighted by molar-refractivity contribution is 6.48. The van der Waals surface area contributed by atoms with Crippen LogP contribution in [0.1, 0.15) is 48.0 Å². The number of rotatable bonds is 3. The summed E-state index contributed by atoms with van der Waals surface area (Å²) < 4.78 is 11.5. The fourth-order valence-electron chi connectivity index (χ4n) is 2.69. The van der Waals surface area contributed by atoms with Gasteiger partial charge in [0, 0.05) is 13.0 Å². The number of ether oxygens (including phenoxy) is 1. The zero-order chi connectivity index (χ0) is 17.3. The van der Waals surface area contributed by atoms with Crippen LogP contribution < -0.4 is 0 Å². The fourth-order valence-corrected chi connectivity index (χ4v) is 3.78. The summed E-state index contributed by atoms with van der Waals surface area (Å²) in [5.41, 5.74) is -1.77. The van der Waals surface area contributed by atoms with Crippen LogP contribution in [0.2, 0.25) is 13.1 Å². The molecule has 1 heterocycles. The average molecular weight is 330 g/mol. The first-order valence-corrected chi connectivity index (χ1v) is 10.7. The molecule has 0 aromatic heterocycles. The number of aldehydes is 1. The SMILES string of the molecule is C[SiH](C)OC1(C=O)CC(C(C)(C)C)CN1C(=O)OC(C)(C)C. The number of carbonyl (C=O) groups is 2. The van der Waals surface area contributed by atoms with Crippen LogP contribution in [-0.2, 0) is 14.0 Å². The van der Waals surface area contributed by atoms with Crippen LogP contribution in [0.3, 0.4) is 0 Å². The molecule has 1 amide bonds. The lowest BCUT2D eigenvalue weighted by molar-refractivity contribution is -0.135. The van der Waals surface area contributed by atoms with E-state index in [4.69, 9.17) is 9.16 Å². The molecule has 1 fully saturated rings. The summed E-state index contributed by atoms with van der Waals surface area (Å²) in [5, 5.41) is 0. The molecule has 0 aromatic rings. The minimum Gasteiger partial charge on any atom is -0.444 e. The molecular formula is C16H31NO4Si. The summed E-state index contributed by atoms with van der Waals surface area (Å²) in [6, 6.07) is 0. The lowest BCUT2D eigenvalue weighted by atomic mass is 9.79. The van der Waals surface area contributed by atoms with Gasteiger partial charge < -0.3 is 9.16 Å². The number of carbonyl (C=O) groups excluding carboxylic acids is 2.